The number of benzene rings is 1. The van der Waals surface area contributed by atoms with E-state index in [9.17, 15) is 9.18 Å². The minimum absolute atomic E-state index is 0. The monoisotopic (exact) mass is 324 g/mol. The lowest BCUT2D eigenvalue weighted by Crippen LogP contribution is -2.51. The van der Waals surface area contributed by atoms with Crippen LogP contribution in [0.4, 0.5) is 4.39 Å². The van der Waals surface area contributed by atoms with Crippen LogP contribution in [0.15, 0.2) is 40.8 Å². The van der Waals surface area contributed by atoms with Crippen molar-refractivity contribution in [2.24, 2.45) is 0 Å². The number of furan rings is 1. The maximum absolute atomic E-state index is 13.7. The molecule has 1 unspecified atom stereocenters. The van der Waals surface area contributed by atoms with E-state index in [1.54, 1.807) is 35.2 Å². The van der Waals surface area contributed by atoms with Crippen LogP contribution in [0.5, 0.6) is 0 Å². The minimum atomic E-state index is -0.360. The van der Waals surface area contributed by atoms with Gasteiger partial charge in [-0.1, -0.05) is 12.1 Å². The summed E-state index contributed by atoms with van der Waals surface area (Å²) in [6.45, 7) is 4.10. The van der Waals surface area contributed by atoms with Crippen LogP contribution in [0.1, 0.15) is 17.5 Å². The molecule has 22 heavy (non-hydrogen) atoms. The second-order valence-corrected chi connectivity index (χ2v) is 5.25. The molecule has 1 fully saturated rings. The molecule has 118 valence electrons. The van der Waals surface area contributed by atoms with Crippen molar-refractivity contribution in [2.45, 2.75) is 13.0 Å². The zero-order valence-electron chi connectivity index (χ0n) is 12.2. The number of hydrogen-bond acceptors (Lipinski definition) is 3. The number of carbonyl (C=O) groups excluding carboxylic acids is 1. The number of hydrogen-bond donors (Lipinski definition) is 1. The van der Waals surface area contributed by atoms with Gasteiger partial charge in [0.1, 0.15) is 11.6 Å². The Morgan fingerprint density at radius 2 is 2.09 bits per heavy atom. The molecule has 0 bridgehead atoms. The largest absolute Gasteiger partial charge is 0.451 e. The van der Waals surface area contributed by atoms with Gasteiger partial charge in [0.15, 0.2) is 5.76 Å². The standard InChI is InChI=1S/C16H17FN2O2.ClH/c1-11-10-19(9-8-18-11)16(20)15-7-6-14(21-15)12-4-2-3-5-13(12)17;/h2-7,11,18H,8-10H2,1H3;1H. The van der Waals surface area contributed by atoms with E-state index in [0.717, 1.165) is 6.54 Å². The molecule has 1 amide bonds. The van der Waals surface area contributed by atoms with Gasteiger partial charge in [-0.2, -0.15) is 0 Å². The SMILES string of the molecule is CC1CN(C(=O)c2ccc(-c3ccccc3F)o2)CCN1.Cl. The Bertz CT molecular complexity index is 659. The molecule has 1 aromatic carbocycles. The van der Waals surface area contributed by atoms with Gasteiger partial charge in [0.2, 0.25) is 0 Å². The third-order valence-electron chi connectivity index (χ3n) is 3.61. The molecule has 1 saturated heterocycles. The molecule has 1 aliphatic heterocycles. The smallest absolute Gasteiger partial charge is 0.289 e. The Kier molecular flexibility index (Phi) is 5.21. The maximum Gasteiger partial charge on any atom is 0.289 e. The average molecular weight is 325 g/mol. The number of amides is 1. The van der Waals surface area contributed by atoms with E-state index in [4.69, 9.17) is 4.42 Å². The van der Waals surface area contributed by atoms with Crippen molar-refractivity contribution < 1.29 is 13.6 Å². The quantitative estimate of drug-likeness (QED) is 0.924. The number of nitrogens with one attached hydrogen (secondary N) is 1. The molecule has 0 aliphatic carbocycles. The fourth-order valence-corrected chi connectivity index (χ4v) is 2.53. The lowest BCUT2D eigenvalue weighted by atomic mass is 10.1. The summed E-state index contributed by atoms with van der Waals surface area (Å²) in [5.41, 5.74) is 0.366. The van der Waals surface area contributed by atoms with Gasteiger partial charge in [-0.3, -0.25) is 4.79 Å². The fourth-order valence-electron chi connectivity index (χ4n) is 2.53. The summed E-state index contributed by atoms with van der Waals surface area (Å²) in [4.78, 5) is 14.1. The van der Waals surface area contributed by atoms with Gasteiger partial charge in [-0.25, -0.2) is 4.39 Å². The van der Waals surface area contributed by atoms with Crippen molar-refractivity contribution in [3.05, 3.63) is 48.0 Å². The highest BCUT2D eigenvalue weighted by molar-refractivity contribution is 5.92. The molecule has 1 aromatic heterocycles. The molecule has 2 aromatic rings. The Labute approximate surface area is 134 Å². The summed E-state index contributed by atoms with van der Waals surface area (Å²) >= 11 is 0. The molecule has 0 saturated carbocycles. The van der Waals surface area contributed by atoms with E-state index in [2.05, 4.69) is 5.32 Å². The van der Waals surface area contributed by atoms with Gasteiger partial charge in [0.05, 0.1) is 5.56 Å². The summed E-state index contributed by atoms with van der Waals surface area (Å²) in [5.74, 6) is 0.120. The van der Waals surface area contributed by atoms with E-state index in [1.807, 2.05) is 6.92 Å². The summed E-state index contributed by atoms with van der Waals surface area (Å²) in [6.07, 6.45) is 0. The van der Waals surface area contributed by atoms with Gasteiger partial charge in [-0.05, 0) is 31.2 Å². The minimum Gasteiger partial charge on any atom is -0.451 e. The molecule has 2 heterocycles. The number of piperazine rings is 1. The van der Waals surface area contributed by atoms with Gasteiger partial charge in [-0.15, -0.1) is 12.4 Å². The van der Waals surface area contributed by atoms with Crippen LogP contribution < -0.4 is 5.32 Å². The third-order valence-corrected chi connectivity index (χ3v) is 3.61. The van der Waals surface area contributed by atoms with E-state index in [-0.39, 0.29) is 35.9 Å². The normalized spacial score (nSPS) is 17.9. The van der Waals surface area contributed by atoms with E-state index in [1.165, 1.54) is 6.07 Å². The molecule has 1 aliphatic rings. The van der Waals surface area contributed by atoms with Crippen LogP contribution in [0.2, 0.25) is 0 Å². The summed E-state index contributed by atoms with van der Waals surface area (Å²) in [7, 11) is 0. The molecule has 0 radical (unpaired) electrons. The number of rotatable bonds is 2. The van der Waals surface area contributed by atoms with Gasteiger partial charge < -0.3 is 14.6 Å². The summed E-state index contributed by atoms with van der Waals surface area (Å²) in [5, 5.41) is 3.28. The second-order valence-electron chi connectivity index (χ2n) is 5.25. The van der Waals surface area contributed by atoms with Crippen molar-refractivity contribution in [2.75, 3.05) is 19.6 Å². The van der Waals surface area contributed by atoms with Crippen molar-refractivity contribution >= 4 is 18.3 Å². The van der Waals surface area contributed by atoms with Crippen LogP contribution in [-0.4, -0.2) is 36.5 Å². The molecular weight excluding hydrogens is 307 g/mol. The molecule has 4 nitrogen and oxygen atoms in total. The first-order valence-electron chi connectivity index (χ1n) is 7.02. The topological polar surface area (TPSA) is 45.5 Å². The summed E-state index contributed by atoms with van der Waals surface area (Å²) in [6, 6.07) is 9.88. The fraction of sp³-hybridized carbons (Fsp3) is 0.312. The molecular formula is C16H18ClFN2O2. The molecule has 6 heteroatoms. The highest BCUT2D eigenvalue weighted by Crippen LogP contribution is 2.25. The Morgan fingerprint density at radius 3 is 2.82 bits per heavy atom. The predicted molar refractivity (Wildman–Crippen MR) is 84.7 cm³/mol. The first-order chi connectivity index (χ1) is 10.1. The zero-order chi connectivity index (χ0) is 14.8. The van der Waals surface area contributed by atoms with Crippen molar-refractivity contribution in [3.63, 3.8) is 0 Å². The zero-order valence-corrected chi connectivity index (χ0v) is 13.0. The van der Waals surface area contributed by atoms with Crippen LogP contribution in [0, 0.1) is 5.82 Å². The van der Waals surface area contributed by atoms with Crippen LogP contribution >= 0.6 is 12.4 Å². The Balaban J connectivity index is 0.00000176. The summed E-state index contributed by atoms with van der Waals surface area (Å²) < 4.78 is 19.3. The van der Waals surface area contributed by atoms with Crippen molar-refractivity contribution in [3.8, 4) is 11.3 Å². The third kappa shape index (κ3) is 3.31. The van der Waals surface area contributed by atoms with Gasteiger partial charge in [0.25, 0.3) is 5.91 Å². The Morgan fingerprint density at radius 1 is 1.32 bits per heavy atom. The average Bonchev–Trinajstić information content (AvgIpc) is 2.96. The Hall–Kier alpha value is -1.85. The van der Waals surface area contributed by atoms with Crippen molar-refractivity contribution in [1.29, 1.82) is 0 Å². The maximum atomic E-state index is 13.7. The predicted octanol–water partition coefficient (Wildman–Crippen LogP) is 2.94. The first kappa shape index (κ1) is 16.5. The molecule has 1 atom stereocenters. The van der Waals surface area contributed by atoms with E-state index < -0.39 is 0 Å². The number of nitrogens with zero attached hydrogens (tertiary/aromatic N) is 1. The number of carbonyl (C=O) groups is 1. The van der Waals surface area contributed by atoms with Gasteiger partial charge >= 0.3 is 0 Å². The van der Waals surface area contributed by atoms with Crippen molar-refractivity contribution in [1.82, 2.24) is 10.2 Å². The highest BCUT2D eigenvalue weighted by Gasteiger charge is 2.24. The molecule has 3 rings (SSSR count). The van der Waals surface area contributed by atoms with Crippen LogP contribution in [-0.2, 0) is 0 Å². The lowest BCUT2D eigenvalue weighted by molar-refractivity contribution is 0.0678. The van der Waals surface area contributed by atoms with E-state index in [0.29, 0.717) is 24.4 Å². The molecule has 0 spiro atoms. The first-order valence-corrected chi connectivity index (χ1v) is 7.02. The second kappa shape index (κ2) is 6.94. The molecule has 1 N–H and O–H groups in total. The van der Waals surface area contributed by atoms with E-state index >= 15 is 0 Å². The number of halogens is 2. The lowest BCUT2D eigenvalue weighted by Gasteiger charge is -2.31. The highest BCUT2D eigenvalue weighted by atomic mass is 35.5. The van der Waals surface area contributed by atoms with Crippen LogP contribution in [0.25, 0.3) is 11.3 Å². The van der Waals surface area contributed by atoms with Gasteiger partial charge in [0, 0.05) is 25.7 Å². The van der Waals surface area contributed by atoms with Crippen LogP contribution in [0.3, 0.4) is 0 Å².